The second kappa shape index (κ2) is 9.51. The van der Waals surface area contributed by atoms with Gasteiger partial charge in [-0.1, -0.05) is 36.7 Å². The fourth-order valence-electron chi connectivity index (χ4n) is 4.59. The van der Waals surface area contributed by atoms with Crippen molar-refractivity contribution in [3.8, 4) is 0 Å². The summed E-state index contributed by atoms with van der Waals surface area (Å²) in [6, 6.07) is 9.83. The molecule has 35 heavy (non-hydrogen) atoms. The maximum absolute atomic E-state index is 13.0. The first kappa shape index (κ1) is 25.0. The number of allylic oxidation sites excluding steroid dienone is 1. The lowest BCUT2D eigenvalue weighted by Gasteiger charge is -2.43. The SMILES string of the molecule is CCCN1c2cc(Cl)c(/C=C3/SC(=O)N(Cc4cccc([N+](=O)[O-])c4)C3=O)cc2C(C)=CC1(C)C. The van der Waals surface area contributed by atoms with Crippen LogP contribution >= 0.6 is 23.4 Å². The summed E-state index contributed by atoms with van der Waals surface area (Å²) in [5.74, 6) is -0.443. The molecule has 0 saturated carbocycles. The molecule has 2 aromatic carbocycles. The van der Waals surface area contributed by atoms with Crippen LogP contribution in [0.1, 0.15) is 50.8 Å². The lowest BCUT2D eigenvalue weighted by Crippen LogP contribution is -2.45. The van der Waals surface area contributed by atoms with Gasteiger partial charge >= 0.3 is 0 Å². The molecule has 0 N–H and O–H groups in total. The zero-order chi connectivity index (χ0) is 25.5. The van der Waals surface area contributed by atoms with E-state index in [1.54, 1.807) is 12.1 Å². The smallest absolute Gasteiger partial charge is 0.293 e. The lowest BCUT2D eigenvalue weighted by molar-refractivity contribution is -0.384. The van der Waals surface area contributed by atoms with E-state index in [4.69, 9.17) is 11.6 Å². The van der Waals surface area contributed by atoms with Crippen LogP contribution < -0.4 is 4.90 Å². The molecule has 2 aliphatic heterocycles. The number of imide groups is 1. The molecule has 0 spiro atoms. The number of thioether (sulfide) groups is 1. The number of nitro benzene ring substituents is 1. The van der Waals surface area contributed by atoms with Crippen LogP contribution in [0.4, 0.5) is 16.2 Å². The zero-order valence-electron chi connectivity index (χ0n) is 20.0. The third-order valence-corrected chi connectivity index (χ3v) is 7.40. The zero-order valence-corrected chi connectivity index (χ0v) is 21.6. The van der Waals surface area contributed by atoms with Crippen molar-refractivity contribution in [1.29, 1.82) is 0 Å². The van der Waals surface area contributed by atoms with E-state index < -0.39 is 16.1 Å². The van der Waals surface area contributed by atoms with E-state index in [0.29, 0.717) is 16.1 Å². The molecule has 2 aromatic rings. The van der Waals surface area contributed by atoms with Crippen molar-refractivity contribution in [1.82, 2.24) is 4.90 Å². The molecule has 0 aliphatic carbocycles. The Morgan fingerprint density at radius 3 is 2.63 bits per heavy atom. The van der Waals surface area contributed by atoms with Gasteiger partial charge in [0.25, 0.3) is 16.8 Å². The summed E-state index contributed by atoms with van der Waals surface area (Å²) in [5.41, 5.74) is 4.16. The number of hydrogen-bond acceptors (Lipinski definition) is 6. The van der Waals surface area contributed by atoms with Crippen LogP contribution in [0.5, 0.6) is 0 Å². The highest BCUT2D eigenvalue weighted by Crippen LogP contribution is 2.43. The van der Waals surface area contributed by atoms with Crippen LogP contribution in [0.25, 0.3) is 11.6 Å². The number of carbonyl (C=O) groups excluding carboxylic acids is 2. The number of rotatable bonds is 6. The van der Waals surface area contributed by atoms with Gasteiger partial charge in [0, 0.05) is 35.0 Å². The number of non-ortho nitro benzene ring substituents is 1. The number of fused-ring (bicyclic) bond motifs is 1. The Kier molecular flexibility index (Phi) is 6.79. The molecule has 1 saturated heterocycles. The average molecular weight is 512 g/mol. The molecule has 0 bridgehead atoms. The number of carbonyl (C=O) groups is 2. The molecule has 7 nitrogen and oxygen atoms in total. The minimum Gasteiger partial charge on any atom is -0.362 e. The van der Waals surface area contributed by atoms with E-state index in [-0.39, 0.29) is 22.7 Å². The molecule has 1 fully saturated rings. The Bertz CT molecular complexity index is 1300. The van der Waals surface area contributed by atoms with Crippen molar-refractivity contribution >= 4 is 57.5 Å². The molecule has 0 unspecified atom stereocenters. The molecule has 2 heterocycles. The third kappa shape index (κ3) is 4.86. The van der Waals surface area contributed by atoms with Gasteiger partial charge in [0.05, 0.1) is 21.9 Å². The van der Waals surface area contributed by atoms with Gasteiger partial charge in [0.2, 0.25) is 0 Å². The van der Waals surface area contributed by atoms with Gasteiger partial charge in [-0.2, -0.15) is 0 Å². The number of amides is 2. The van der Waals surface area contributed by atoms with Crippen molar-refractivity contribution in [2.45, 2.75) is 46.2 Å². The standard InChI is InChI=1S/C26H26ClN3O4S/c1-5-9-29-22-13-21(27)18(11-20(22)16(2)14-26(29,3)4)12-23-24(31)28(25(32)35-23)15-17-7-6-8-19(10-17)30(33)34/h6-8,10-14H,5,9,15H2,1-4H3/b23-12+. The number of nitrogens with zero attached hydrogens (tertiary/aromatic N) is 3. The molecule has 0 aromatic heterocycles. The Morgan fingerprint density at radius 1 is 1.20 bits per heavy atom. The quantitative estimate of drug-likeness (QED) is 0.238. The van der Waals surface area contributed by atoms with Crippen LogP contribution in [0.15, 0.2) is 47.4 Å². The van der Waals surface area contributed by atoms with E-state index in [1.807, 2.05) is 12.1 Å². The highest BCUT2D eigenvalue weighted by Gasteiger charge is 2.36. The van der Waals surface area contributed by atoms with Crippen molar-refractivity contribution in [2.75, 3.05) is 11.4 Å². The van der Waals surface area contributed by atoms with Gasteiger partial charge in [-0.25, -0.2) is 0 Å². The van der Waals surface area contributed by atoms with Gasteiger partial charge < -0.3 is 4.90 Å². The van der Waals surface area contributed by atoms with Crippen LogP contribution in [0, 0.1) is 10.1 Å². The number of anilines is 1. The maximum atomic E-state index is 13.0. The van der Waals surface area contributed by atoms with Gasteiger partial charge in [-0.3, -0.25) is 24.6 Å². The molecule has 2 amide bonds. The predicted molar refractivity (Wildman–Crippen MR) is 141 cm³/mol. The minimum atomic E-state index is -0.505. The van der Waals surface area contributed by atoms with Crippen molar-refractivity contribution in [3.05, 3.63) is 79.2 Å². The summed E-state index contributed by atoms with van der Waals surface area (Å²) in [6.45, 7) is 9.40. The summed E-state index contributed by atoms with van der Waals surface area (Å²) in [5, 5.41) is 11.1. The topological polar surface area (TPSA) is 83.8 Å². The molecule has 0 atom stereocenters. The first-order valence-electron chi connectivity index (χ1n) is 11.3. The van der Waals surface area contributed by atoms with Gasteiger partial charge in [0.15, 0.2) is 0 Å². The summed E-state index contributed by atoms with van der Waals surface area (Å²) in [7, 11) is 0. The van der Waals surface area contributed by atoms with Crippen molar-refractivity contribution in [3.63, 3.8) is 0 Å². The summed E-state index contributed by atoms with van der Waals surface area (Å²) in [4.78, 5) is 39.9. The summed E-state index contributed by atoms with van der Waals surface area (Å²) in [6.07, 6.45) is 4.88. The average Bonchev–Trinajstić information content (AvgIpc) is 3.05. The predicted octanol–water partition coefficient (Wildman–Crippen LogP) is 6.90. The van der Waals surface area contributed by atoms with Gasteiger partial charge in [-0.15, -0.1) is 0 Å². The minimum absolute atomic E-state index is 0.0372. The largest absolute Gasteiger partial charge is 0.362 e. The van der Waals surface area contributed by atoms with Gasteiger partial charge in [0.1, 0.15) is 0 Å². The number of halogens is 1. The second-order valence-corrected chi connectivity index (χ2v) is 10.6. The first-order chi connectivity index (χ1) is 16.5. The molecular formula is C26H26ClN3O4S. The molecule has 2 aliphatic rings. The van der Waals surface area contributed by atoms with Crippen molar-refractivity contribution in [2.24, 2.45) is 0 Å². The number of nitro groups is 1. The summed E-state index contributed by atoms with van der Waals surface area (Å²) < 4.78 is 0. The Labute approximate surface area is 213 Å². The fraction of sp³-hybridized carbons (Fsp3) is 0.308. The Balaban J connectivity index is 1.65. The van der Waals surface area contributed by atoms with Crippen molar-refractivity contribution < 1.29 is 14.5 Å². The Morgan fingerprint density at radius 2 is 1.94 bits per heavy atom. The maximum Gasteiger partial charge on any atom is 0.293 e. The Hall–Kier alpha value is -3.10. The molecule has 9 heteroatoms. The normalized spacial score (nSPS) is 18.2. The van der Waals surface area contributed by atoms with Crippen LogP contribution in [0.2, 0.25) is 5.02 Å². The van der Waals surface area contributed by atoms with E-state index >= 15 is 0 Å². The van der Waals surface area contributed by atoms with E-state index in [9.17, 15) is 19.7 Å². The third-order valence-electron chi connectivity index (χ3n) is 6.17. The van der Waals surface area contributed by atoms with E-state index in [2.05, 4.69) is 38.7 Å². The highest BCUT2D eigenvalue weighted by molar-refractivity contribution is 8.18. The monoisotopic (exact) mass is 511 g/mol. The lowest BCUT2D eigenvalue weighted by atomic mass is 9.87. The fourth-order valence-corrected chi connectivity index (χ4v) is 5.63. The van der Waals surface area contributed by atoms with E-state index in [0.717, 1.165) is 46.5 Å². The van der Waals surface area contributed by atoms with Crippen LogP contribution in [-0.4, -0.2) is 33.1 Å². The number of benzene rings is 2. The molecule has 4 rings (SSSR count). The second-order valence-electron chi connectivity index (χ2n) is 9.22. The van der Waals surface area contributed by atoms with Gasteiger partial charge in [-0.05, 0) is 73.9 Å². The molecule has 182 valence electrons. The van der Waals surface area contributed by atoms with E-state index in [1.165, 1.54) is 18.2 Å². The summed E-state index contributed by atoms with van der Waals surface area (Å²) >= 11 is 7.51. The van der Waals surface area contributed by atoms with Crippen LogP contribution in [0.3, 0.4) is 0 Å². The molecule has 0 radical (unpaired) electrons. The molecular weight excluding hydrogens is 486 g/mol. The van der Waals surface area contributed by atoms with Crippen LogP contribution in [-0.2, 0) is 11.3 Å². The first-order valence-corrected chi connectivity index (χ1v) is 12.5. The highest BCUT2D eigenvalue weighted by atomic mass is 35.5. The number of hydrogen-bond donors (Lipinski definition) is 0.